The fourth-order valence-corrected chi connectivity index (χ4v) is 3.30. The minimum Gasteiger partial charge on any atom is -0.454 e. The molecule has 0 N–H and O–H groups in total. The van der Waals surface area contributed by atoms with Gasteiger partial charge in [0.25, 0.3) is 0 Å². The van der Waals surface area contributed by atoms with Crippen molar-refractivity contribution in [2.24, 2.45) is 0 Å². The Morgan fingerprint density at radius 1 is 0.692 bits per heavy atom. The van der Waals surface area contributed by atoms with E-state index in [1.54, 1.807) is 0 Å². The number of carbonyl (C=O) groups excluding carboxylic acids is 1. The molecule has 26 heavy (non-hydrogen) atoms. The van der Waals surface area contributed by atoms with Crippen LogP contribution in [0.2, 0.25) is 0 Å². The van der Waals surface area contributed by atoms with Gasteiger partial charge in [0.05, 0.1) is 0 Å². The molecule has 0 spiro atoms. The lowest BCUT2D eigenvalue weighted by molar-refractivity contribution is -0.119. The third kappa shape index (κ3) is 3.93. The Morgan fingerprint density at radius 3 is 1.65 bits per heavy atom. The minimum absolute atomic E-state index is 0.292. The van der Waals surface area contributed by atoms with Crippen molar-refractivity contribution in [1.29, 1.82) is 0 Å². The maximum atomic E-state index is 12.1. The Labute approximate surface area is 152 Å². The third-order valence-electron chi connectivity index (χ3n) is 4.72. The van der Waals surface area contributed by atoms with Crippen molar-refractivity contribution in [3.8, 4) is 23.0 Å². The number of hydrogen-bond acceptors (Lipinski definition) is 5. The first-order valence-corrected chi connectivity index (χ1v) is 9.07. The molecule has 0 amide bonds. The smallest absolute Gasteiger partial charge is 0.231 e. The maximum absolute atomic E-state index is 12.1. The van der Waals surface area contributed by atoms with Gasteiger partial charge in [-0.1, -0.05) is 12.1 Å². The van der Waals surface area contributed by atoms with Gasteiger partial charge in [0.1, 0.15) is 5.78 Å². The summed E-state index contributed by atoms with van der Waals surface area (Å²) in [5, 5.41) is 0. The number of carbonyl (C=O) groups is 1. The van der Waals surface area contributed by atoms with E-state index in [1.807, 2.05) is 36.4 Å². The molecular weight excluding hydrogens is 332 g/mol. The van der Waals surface area contributed by atoms with Crippen molar-refractivity contribution in [3.05, 3.63) is 47.5 Å². The predicted molar refractivity (Wildman–Crippen MR) is 96.0 cm³/mol. The van der Waals surface area contributed by atoms with E-state index < -0.39 is 0 Å². The van der Waals surface area contributed by atoms with Crippen molar-refractivity contribution < 1.29 is 23.7 Å². The van der Waals surface area contributed by atoms with Crippen molar-refractivity contribution >= 4 is 5.78 Å². The Hall–Kier alpha value is -2.69. The zero-order valence-electron chi connectivity index (χ0n) is 14.7. The van der Waals surface area contributed by atoms with E-state index in [1.165, 1.54) is 11.1 Å². The molecule has 4 rings (SSSR count). The molecule has 2 aliphatic rings. The van der Waals surface area contributed by atoms with Crippen LogP contribution in [-0.2, 0) is 17.6 Å². The molecule has 2 heterocycles. The van der Waals surface area contributed by atoms with Gasteiger partial charge in [0, 0.05) is 12.8 Å². The zero-order valence-corrected chi connectivity index (χ0v) is 14.7. The first kappa shape index (κ1) is 16.8. The van der Waals surface area contributed by atoms with Crippen molar-refractivity contribution in [1.82, 2.24) is 0 Å². The Bertz CT molecular complexity index is 733. The summed E-state index contributed by atoms with van der Waals surface area (Å²) >= 11 is 0. The van der Waals surface area contributed by atoms with Crippen LogP contribution in [0.4, 0.5) is 0 Å². The standard InChI is InChI=1S/C21H22O5/c22-17(5-1-3-15-7-9-18-20(11-15)25-13-23-18)6-2-4-16-8-10-19-21(12-16)26-14-24-19/h7-12H,1-6,13-14H2. The average Bonchev–Trinajstić information content (AvgIpc) is 3.29. The molecule has 2 aliphatic heterocycles. The second-order valence-electron chi connectivity index (χ2n) is 6.62. The number of Topliss-reactive ketones (excluding diaryl/α,β-unsaturated/α-hetero) is 1. The molecule has 5 heteroatoms. The molecule has 0 aliphatic carbocycles. The fraction of sp³-hybridized carbons (Fsp3) is 0.381. The van der Waals surface area contributed by atoms with Gasteiger partial charge >= 0.3 is 0 Å². The van der Waals surface area contributed by atoms with Crippen LogP contribution in [0.3, 0.4) is 0 Å². The summed E-state index contributed by atoms with van der Waals surface area (Å²) in [5.41, 5.74) is 2.37. The number of benzene rings is 2. The monoisotopic (exact) mass is 354 g/mol. The number of hydrogen-bond donors (Lipinski definition) is 0. The molecule has 2 aromatic carbocycles. The molecule has 0 saturated carbocycles. The quantitative estimate of drug-likeness (QED) is 0.716. The van der Waals surface area contributed by atoms with Gasteiger partial charge in [-0.3, -0.25) is 4.79 Å². The fourth-order valence-electron chi connectivity index (χ4n) is 3.30. The van der Waals surface area contributed by atoms with Crippen LogP contribution in [0.15, 0.2) is 36.4 Å². The highest BCUT2D eigenvalue weighted by Crippen LogP contribution is 2.33. The van der Waals surface area contributed by atoms with Crippen LogP contribution in [0.25, 0.3) is 0 Å². The van der Waals surface area contributed by atoms with E-state index in [0.717, 1.165) is 48.7 Å². The molecule has 0 fully saturated rings. The van der Waals surface area contributed by atoms with Crippen molar-refractivity contribution in [2.45, 2.75) is 38.5 Å². The molecule has 5 nitrogen and oxygen atoms in total. The molecule has 0 unspecified atom stereocenters. The molecule has 0 saturated heterocycles. The lowest BCUT2D eigenvalue weighted by Gasteiger charge is -2.05. The van der Waals surface area contributed by atoms with E-state index in [2.05, 4.69) is 0 Å². The first-order chi connectivity index (χ1) is 12.8. The first-order valence-electron chi connectivity index (χ1n) is 9.07. The number of ether oxygens (including phenoxy) is 4. The van der Waals surface area contributed by atoms with Crippen LogP contribution in [0.1, 0.15) is 36.8 Å². The summed E-state index contributed by atoms with van der Waals surface area (Å²) < 4.78 is 21.4. The average molecular weight is 354 g/mol. The van der Waals surface area contributed by atoms with E-state index >= 15 is 0 Å². The van der Waals surface area contributed by atoms with E-state index in [-0.39, 0.29) is 0 Å². The van der Waals surface area contributed by atoms with Gasteiger partial charge in [-0.25, -0.2) is 0 Å². The third-order valence-corrected chi connectivity index (χ3v) is 4.72. The Balaban J connectivity index is 1.16. The van der Waals surface area contributed by atoms with Gasteiger partial charge in [0.15, 0.2) is 23.0 Å². The SMILES string of the molecule is O=C(CCCc1ccc2c(c1)OCO2)CCCc1ccc2c(c1)OCO2. The molecule has 0 aromatic heterocycles. The van der Waals surface area contributed by atoms with Gasteiger partial charge in [-0.05, 0) is 61.1 Å². The molecule has 0 bridgehead atoms. The summed E-state index contributed by atoms with van der Waals surface area (Å²) in [6.45, 7) is 0.585. The Morgan fingerprint density at radius 2 is 1.15 bits per heavy atom. The summed E-state index contributed by atoms with van der Waals surface area (Å²) in [4.78, 5) is 12.1. The van der Waals surface area contributed by atoms with Crippen LogP contribution in [0, 0.1) is 0 Å². The van der Waals surface area contributed by atoms with Gasteiger partial charge in [0.2, 0.25) is 13.6 Å². The van der Waals surface area contributed by atoms with Crippen LogP contribution < -0.4 is 18.9 Å². The molecule has 0 radical (unpaired) electrons. The highest BCUT2D eigenvalue weighted by Gasteiger charge is 2.14. The van der Waals surface area contributed by atoms with Crippen LogP contribution in [-0.4, -0.2) is 19.4 Å². The summed E-state index contributed by atoms with van der Waals surface area (Å²) in [6.07, 6.45) is 4.73. The van der Waals surface area contributed by atoms with Crippen molar-refractivity contribution in [3.63, 3.8) is 0 Å². The van der Waals surface area contributed by atoms with Gasteiger partial charge < -0.3 is 18.9 Å². The number of ketones is 1. The highest BCUT2D eigenvalue weighted by atomic mass is 16.7. The van der Waals surface area contributed by atoms with Gasteiger partial charge in [-0.15, -0.1) is 0 Å². The molecule has 0 atom stereocenters. The Kier molecular flexibility index (Phi) is 4.95. The lowest BCUT2D eigenvalue weighted by Crippen LogP contribution is -2.00. The van der Waals surface area contributed by atoms with Crippen LogP contribution >= 0.6 is 0 Å². The van der Waals surface area contributed by atoms with E-state index in [0.29, 0.717) is 32.2 Å². The van der Waals surface area contributed by atoms with Gasteiger partial charge in [-0.2, -0.15) is 0 Å². The summed E-state index contributed by atoms with van der Waals surface area (Å²) in [7, 11) is 0. The normalized spacial score (nSPS) is 13.8. The zero-order chi connectivity index (χ0) is 17.8. The molecule has 136 valence electrons. The van der Waals surface area contributed by atoms with Crippen molar-refractivity contribution in [2.75, 3.05) is 13.6 Å². The topological polar surface area (TPSA) is 54.0 Å². The second-order valence-corrected chi connectivity index (χ2v) is 6.62. The summed E-state index contributed by atoms with van der Waals surface area (Å²) in [5.74, 6) is 3.53. The van der Waals surface area contributed by atoms with Crippen LogP contribution in [0.5, 0.6) is 23.0 Å². The predicted octanol–water partition coefficient (Wildman–Crippen LogP) is 4.06. The lowest BCUT2D eigenvalue weighted by atomic mass is 10.0. The molecular formula is C21H22O5. The largest absolute Gasteiger partial charge is 0.454 e. The second kappa shape index (κ2) is 7.68. The molecule has 2 aromatic rings. The maximum Gasteiger partial charge on any atom is 0.231 e. The van der Waals surface area contributed by atoms with E-state index in [4.69, 9.17) is 18.9 Å². The number of aryl methyl sites for hydroxylation is 2. The highest BCUT2D eigenvalue weighted by molar-refractivity contribution is 5.78. The number of rotatable bonds is 8. The summed E-state index contributed by atoms with van der Waals surface area (Å²) in [6, 6.07) is 12.0. The number of fused-ring (bicyclic) bond motifs is 2. The minimum atomic E-state index is 0.292. The van der Waals surface area contributed by atoms with E-state index in [9.17, 15) is 4.79 Å².